The highest BCUT2D eigenvalue weighted by atomic mass is 32.2. The Bertz CT molecular complexity index is 684. The maximum Gasteiger partial charge on any atom is 0.241 e. The van der Waals surface area contributed by atoms with Crippen LogP contribution in [0.2, 0.25) is 0 Å². The van der Waals surface area contributed by atoms with Crippen molar-refractivity contribution >= 4 is 15.9 Å². The minimum atomic E-state index is -3.89. The largest absolute Gasteiger partial charge is 0.339 e. The van der Waals surface area contributed by atoms with E-state index in [1.807, 2.05) is 20.9 Å². The number of nitrogens with one attached hydrogen (secondary N) is 1. The molecular formula is C17H26FN3O3S. The molecule has 0 aliphatic carbocycles. The molecule has 1 aromatic rings. The fourth-order valence-corrected chi connectivity index (χ4v) is 3.99. The first kappa shape index (κ1) is 19.8. The summed E-state index contributed by atoms with van der Waals surface area (Å²) in [5.74, 6) is -0.559. The Labute approximate surface area is 149 Å². The third kappa shape index (κ3) is 5.49. The molecule has 1 atom stereocenters. The van der Waals surface area contributed by atoms with E-state index >= 15 is 0 Å². The fraction of sp³-hybridized carbons (Fsp3) is 0.588. The van der Waals surface area contributed by atoms with Crippen LogP contribution in [0.15, 0.2) is 29.2 Å². The molecule has 140 valence electrons. The fourth-order valence-electron chi connectivity index (χ4n) is 2.79. The second-order valence-corrected chi connectivity index (χ2v) is 8.60. The molecule has 8 heteroatoms. The molecular weight excluding hydrogens is 345 g/mol. The first-order chi connectivity index (χ1) is 11.7. The van der Waals surface area contributed by atoms with Gasteiger partial charge in [-0.1, -0.05) is 13.8 Å². The molecule has 0 bridgehead atoms. The molecule has 0 unspecified atom stereocenters. The highest BCUT2D eigenvalue weighted by Crippen LogP contribution is 2.15. The van der Waals surface area contributed by atoms with Crippen molar-refractivity contribution in [2.24, 2.45) is 5.92 Å². The number of halogens is 1. The number of rotatable bonds is 6. The van der Waals surface area contributed by atoms with Crippen molar-refractivity contribution in [3.63, 3.8) is 0 Å². The highest BCUT2D eigenvalue weighted by molar-refractivity contribution is 7.89. The Kier molecular flexibility index (Phi) is 6.53. The summed E-state index contributed by atoms with van der Waals surface area (Å²) >= 11 is 0. The van der Waals surface area contributed by atoms with Gasteiger partial charge in [0.05, 0.1) is 4.90 Å². The van der Waals surface area contributed by atoms with E-state index in [4.69, 9.17) is 0 Å². The van der Waals surface area contributed by atoms with Gasteiger partial charge in [0.2, 0.25) is 15.9 Å². The molecule has 1 aliphatic heterocycles. The number of carbonyl (C=O) groups excluding carboxylic acids is 1. The number of likely N-dealkylation sites (N-methyl/N-ethyl adjacent to an activating group) is 1. The molecule has 0 radical (unpaired) electrons. The number of nitrogens with zero attached hydrogens (tertiary/aromatic N) is 2. The lowest BCUT2D eigenvalue weighted by Gasteiger charge is -2.35. The first-order valence-electron chi connectivity index (χ1n) is 8.44. The van der Waals surface area contributed by atoms with E-state index in [0.29, 0.717) is 19.5 Å². The summed E-state index contributed by atoms with van der Waals surface area (Å²) in [6, 6.07) is 3.76. The Morgan fingerprint density at radius 3 is 2.24 bits per heavy atom. The number of carbonyl (C=O) groups is 1. The summed E-state index contributed by atoms with van der Waals surface area (Å²) in [5.41, 5.74) is 0. The van der Waals surface area contributed by atoms with Gasteiger partial charge in [0.1, 0.15) is 11.9 Å². The molecule has 0 saturated carbocycles. The summed E-state index contributed by atoms with van der Waals surface area (Å²) in [5, 5.41) is 0. The van der Waals surface area contributed by atoms with Gasteiger partial charge in [-0.15, -0.1) is 0 Å². The van der Waals surface area contributed by atoms with Crippen molar-refractivity contribution in [1.82, 2.24) is 14.5 Å². The van der Waals surface area contributed by atoms with Crippen LogP contribution in [-0.4, -0.2) is 63.4 Å². The van der Waals surface area contributed by atoms with Crippen LogP contribution in [0.25, 0.3) is 0 Å². The maximum atomic E-state index is 13.0. The van der Waals surface area contributed by atoms with E-state index in [9.17, 15) is 17.6 Å². The summed E-state index contributed by atoms with van der Waals surface area (Å²) in [4.78, 5) is 16.6. The lowest BCUT2D eigenvalue weighted by Crippen LogP contribution is -2.54. The van der Waals surface area contributed by atoms with Gasteiger partial charge in [-0.3, -0.25) is 4.79 Å². The van der Waals surface area contributed by atoms with Crippen molar-refractivity contribution in [2.75, 3.05) is 33.2 Å². The SMILES string of the molecule is CC(C)C[C@H](NS(=O)(=O)c1ccc(F)cc1)C(=O)N1CCN(C)CC1. The van der Waals surface area contributed by atoms with Gasteiger partial charge >= 0.3 is 0 Å². The average Bonchev–Trinajstić information content (AvgIpc) is 2.54. The van der Waals surface area contributed by atoms with Gasteiger partial charge in [0.15, 0.2) is 0 Å². The number of amides is 1. The van der Waals surface area contributed by atoms with E-state index in [0.717, 1.165) is 25.2 Å². The molecule has 1 aromatic carbocycles. The predicted octanol–water partition coefficient (Wildman–Crippen LogP) is 1.29. The van der Waals surface area contributed by atoms with E-state index in [1.54, 1.807) is 4.90 Å². The third-order valence-corrected chi connectivity index (χ3v) is 5.73. The van der Waals surface area contributed by atoms with Crippen LogP contribution < -0.4 is 4.72 Å². The molecule has 1 aliphatic rings. The standard InChI is InChI=1S/C17H26FN3O3S/c1-13(2)12-16(17(22)21-10-8-20(3)9-11-21)19-25(23,24)15-6-4-14(18)5-7-15/h4-7,13,16,19H,8-12H2,1-3H3/t16-/m0/s1. The van der Waals surface area contributed by atoms with Crippen LogP contribution in [0.4, 0.5) is 4.39 Å². The molecule has 1 fully saturated rings. The summed E-state index contributed by atoms with van der Waals surface area (Å²) in [7, 11) is -1.90. The lowest BCUT2D eigenvalue weighted by molar-refractivity contribution is -0.135. The predicted molar refractivity (Wildman–Crippen MR) is 94.0 cm³/mol. The second kappa shape index (κ2) is 8.25. The van der Waals surface area contributed by atoms with Gasteiger partial charge in [-0.25, -0.2) is 12.8 Å². The van der Waals surface area contributed by atoms with Gasteiger partial charge in [-0.2, -0.15) is 4.72 Å². The minimum Gasteiger partial charge on any atom is -0.339 e. The van der Waals surface area contributed by atoms with Crippen LogP contribution in [0.3, 0.4) is 0 Å². The highest BCUT2D eigenvalue weighted by Gasteiger charge is 2.31. The van der Waals surface area contributed by atoms with Crippen LogP contribution >= 0.6 is 0 Å². The molecule has 1 N–H and O–H groups in total. The molecule has 6 nitrogen and oxygen atoms in total. The monoisotopic (exact) mass is 371 g/mol. The van der Waals surface area contributed by atoms with Crippen molar-refractivity contribution in [1.29, 1.82) is 0 Å². The lowest BCUT2D eigenvalue weighted by atomic mass is 10.0. The normalized spacial score (nSPS) is 17.7. The van der Waals surface area contributed by atoms with Crippen molar-refractivity contribution < 1.29 is 17.6 Å². The summed E-state index contributed by atoms with van der Waals surface area (Å²) in [6.07, 6.45) is 0.408. The minimum absolute atomic E-state index is 0.0474. The molecule has 2 rings (SSSR count). The summed E-state index contributed by atoms with van der Waals surface area (Å²) < 4.78 is 40.7. The van der Waals surface area contributed by atoms with Gasteiger partial charge in [0.25, 0.3) is 0 Å². The van der Waals surface area contributed by atoms with Crippen LogP contribution in [0.1, 0.15) is 20.3 Å². The van der Waals surface area contributed by atoms with Crippen LogP contribution in [-0.2, 0) is 14.8 Å². The number of sulfonamides is 1. The maximum absolute atomic E-state index is 13.0. The summed E-state index contributed by atoms with van der Waals surface area (Å²) in [6.45, 7) is 6.59. The Morgan fingerprint density at radius 1 is 1.16 bits per heavy atom. The molecule has 0 aromatic heterocycles. The molecule has 1 amide bonds. The Morgan fingerprint density at radius 2 is 1.72 bits per heavy atom. The number of hydrogen-bond donors (Lipinski definition) is 1. The van der Waals surface area contributed by atoms with Gasteiger partial charge < -0.3 is 9.80 Å². The van der Waals surface area contributed by atoms with E-state index in [-0.39, 0.29) is 16.7 Å². The molecule has 0 spiro atoms. The van der Waals surface area contributed by atoms with Crippen LogP contribution in [0.5, 0.6) is 0 Å². The zero-order valence-corrected chi connectivity index (χ0v) is 15.7. The number of benzene rings is 1. The molecule has 1 saturated heterocycles. The van der Waals surface area contributed by atoms with E-state index in [1.165, 1.54) is 12.1 Å². The quantitative estimate of drug-likeness (QED) is 0.818. The average molecular weight is 371 g/mol. The number of piperazine rings is 1. The first-order valence-corrected chi connectivity index (χ1v) is 9.92. The topological polar surface area (TPSA) is 69.7 Å². The van der Waals surface area contributed by atoms with E-state index in [2.05, 4.69) is 9.62 Å². The smallest absolute Gasteiger partial charge is 0.241 e. The van der Waals surface area contributed by atoms with Crippen LogP contribution in [0, 0.1) is 11.7 Å². The Balaban J connectivity index is 2.16. The Hall–Kier alpha value is -1.51. The van der Waals surface area contributed by atoms with Crippen molar-refractivity contribution in [3.05, 3.63) is 30.1 Å². The van der Waals surface area contributed by atoms with Crippen molar-refractivity contribution in [3.8, 4) is 0 Å². The van der Waals surface area contributed by atoms with E-state index < -0.39 is 21.9 Å². The van der Waals surface area contributed by atoms with Gasteiger partial charge in [-0.05, 0) is 43.7 Å². The zero-order chi connectivity index (χ0) is 18.6. The second-order valence-electron chi connectivity index (χ2n) is 6.89. The van der Waals surface area contributed by atoms with Crippen molar-refractivity contribution in [2.45, 2.75) is 31.2 Å². The van der Waals surface area contributed by atoms with Gasteiger partial charge in [0, 0.05) is 26.2 Å². The molecule has 1 heterocycles. The zero-order valence-electron chi connectivity index (χ0n) is 14.9. The third-order valence-electron chi connectivity index (χ3n) is 4.24. The number of hydrogen-bond acceptors (Lipinski definition) is 4. The molecule has 25 heavy (non-hydrogen) atoms.